The molecule has 15 heavy (non-hydrogen) atoms. The van der Waals surface area contributed by atoms with E-state index in [1.165, 1.54) is 0 Å². The molecule has 0 bridgehead atoms. The summed E-state index contributed by atoms with van der Waals surface area (Å²) in [6.45, 7) is 5.67. The lowest BCUT2D eigenvalue weighted by atomic mass is 10.4. The molecule has 7 heteroatoms. The van der Waals surface area contributed by atoms with Crippen LogP contribution >= 0.6 is 0 Å². The second kappa shape index (κ2) is 3.68. The Labute approximate surface area is 86.2 Å². The molecule has 0 aliphatic carbocycles. The Kier molecular flexibility index (Phi) is 2.36. The van der Waals surface area contributed by atoms with E-state index >= 15 is 0 Å². The molecule has 0 aromatic carbocycles. The van der Waals surface area contributed by atoms with Gasteiger partial charge in [0.2, 0.25) is 11.3 Å². The highest BCUT2D eigenvalue weighted by Crippen LogP contribution is 2.20. The molecule has 0 fully saturated rings. The Bertz CT molecular complexity index is 463. The van der Waals surface area contributed by atoms with Crippen LogP contribution in [0.3, 0.4) is 0 Å². The zero-order valence-electron chi connectivity index (χ0n) is 8.64. The van der Waals surface area contributed by atoms with E-state index in [-0.39, 0.29) is 0 Å². The number of nitrogens with two attached hydrogens (primary N) is 1. The summed E-state index contributed by atoms with van der Waals surface area (Å²) < 4.78 is 4.52. The maximum Gasteiger partial charge on any atom is 0.245 e. The lowest BCUT2D eigenvalue weighted by molar-refractivity contribution is 0.314. The van der Waals surface area contributed by atoms with Crippen LogP contribution in [0.1, 0.15) is 13.8 Å². The summed E-state index contributed by atoms with van der Waals surface area (Å²) in [5, 5.41) is 7.20. The molecule has 2 heterocycles. The highest BCUT2D eigenvalue weighted by Gasteiger charge is 2.13. The van der Waals surface area contributed by atoms with Crippen LogP contribution in [0.5, 0.6) is 0 Å². The van der Waals surface area contributed by atoms with Crippen molar-refractivity contribution in [2.24, 2.45) is 0 Å². The predicted molar refractivity (Wildman–Crippen MR) is 55.4 cm³/mol. The Morgan fingerprint density at radius 3 is 2.33 bits per heavy atom. The molecule has 0 amide bonds. The standard InChI is InChI=1S/C8H12N6O/c1-3-14(4-2)8-5(9)10-6-7(11-8)13-15-12-6/h3-4H2,1-2H3,(H2,9,10,12). The Morgan fingerprint density at radius 1 is 1.13 bits per heavy atom. The second-order valence-corrected chi connectivity index (χ2v) is 3.02. The number of fused-ring (bicyclic) bond motifs is 1. The molecule has 7 nitrogen and oxygen atoms in total. The summed E-state index contributed by atoms with van der Waals surface area (Å²) in [7, 11) is 0. The smallest absolute Gasteiger partial charge is 0.245 e. The van der Waals surface area contributed by atoms with Gasteiger partial charge in [-0.3, -0.25) is 0 Å². The molecular formula is C8H12N6O. The number of anilines is 2. The molecule has 0 saturated carbocycles. The molecule has 80 valence electrons. The molecule has 2 aromatic heterocycles. The predicted octanol–water partition coefficient (Wildman–Crippen LogP) is 0.441. The monoisotopic (exact) mass is 208 g/mol. The lowest BCUT2D eigenvalue weighted by Crippen LogP contribution is -2.24. The summed E-state index contributed by atoms with van der Waals surface area (Å²) in [5.41, 5.74) is 6.49. The summed E-state index contributed by atoms with van der Waals surface area (Å²) in [4.78, 5) is 10.3. The fraction of sp³-hybridized carbons (Fsp3) is 0.500. The Morgan fingerprint density at radius 2 is 1.73 bits per heavy atom. The van der Waals surface area contributed by atoms with Gasteiger partial charge < -0.3 is 10.6 Å². The average Bonchev–Trinajstić information content (AvgIpc) is 2.67. The first kappa shape index (κ1) is 9.63. The number of nitrogens with zero attached hydrogens (tertiary/aromatic N) is 5. The quantitative estimate of drug-likeness (QED) is 0.782. The first-order valence-electron chi connectivity index (χ1n) is 4.77. The van der Waals surface area contributed by atoms with Crippen molar-refractivity contribution in [2.75, 3.05) is 23.7 Å². The first-order valence-corrected chi connectivity index (χ1v) is 4.77. The van der Waals surface area contributed by atoms with Gasteiger partial charge in [-0.2, -0.15) is 0 Å². The van der Waals surface area contributed by atoms with E-state index < -0.39 is 0 Å². The second-order valence-electron chi connectivity index (χ2n) is 3.02. The summed E-state index contributed by atoms with van der Waals surface area (Å²) >= 11 is 0. The largest absolute Gasteiger partial charge is 0.381 e. The van der Waals surface area contributed by atoms with Gasteiger partial charge in [-0.25, -0.2) is 14.6 Å². The van der Waals surface area contributed by atoms with Crippen LogP contribution in [0.15, 0.2) is 4.63 Å². The molecule has 0 aliphatic rings. The molecule has 2 aromatic rings. The van der Waals surface area contributed by atoms with E-state index in [4.69, 9.17) is 5.73 Å². The van der Waals surface area contributed by atoms with Crippen molar-refractivity contribution < 1.29 is 4.63 Å². The van der Waals surface area contributed by atoms with Crippen LogP contribution in [-0.2, 0) is 0 Å². The average molecular weight is 208 g/mol. The van der Waals surface area contributed by atoms with Gasteiger partial charge in [-0.15, -0.1) is 0 Å². The SMILES string of the molecule is CCN(CC)c1nc2nonc2nc1N. The van der Waals surface area contributed by atoms with Crippen molar-refractivity contribution in [2.45, 2.75) is 13.8 Å². The van der Waals surface area contributed by atoms with Crippen LogP contribution in [0.4, 0.5) is 11.6 Å². The van der Waals surface area contributed by atoms with Crippen LogP contribution in [0.25, 0.3) is 11.3 Å². The third kappa shape index (κ3) is 1.56. The van der Waals surface area contributed by atoms with E-state index in [0.717, 1.165) is 13.1 Å². The minimum atomic E-state index is 0.336. The van der Waals surface area contributed by atoms with Gasteiger partial charge in [0.25, 0.3) is 0 Å². The van der Waals surface area contributed by atoms with E-state index in [2.05, 4.69) is 24.9 Å². The van der Waals surface area contributed by atoms with Crippen molar-refractivity contribution in [3.63, 3.8) is 0 Å². The summed E-state index contributed by atoms with van der Waals surface area (Å²) in [5.74, 6) is 0.977. The fourth-order valence-corrected chi connectivity index (χ4v) is 1.40. The van der Waals surface area contributed by atoms with Crippen molar-refractivity contribution in [1.29, 1.82) is 0 Å². The maximum absolute atomic E-state index is 5.77. The number of nitrogen functional groups attached to an aromatic ring is 1. The summed E-state index contributed by atoms with van der Waals surface area (Å²) in [6, 6.07) is 0. The van der Waals surface area contributed by atoms with Crippen LogP contribution < -0.4 is 10.6 Å². The third-order valence-corrected chi connectivity index (χ3v) is 2.18. The number of hydrogen-bond acceptors (Lipinski definition) is 7. The van der Waals surface area contributed by atoms with Gasteiger partial charge in [0, 0.05) is 13.1 Å². The van der Waals surface area contributed by atoms with Gasteiger partial charge >= 0.3 is 0 Å². The van der Waals surface area contributed by atoms with Gasteiger partial charge in [-0.05, 0) is 24.2 Å². The third-order valence-electron chi connectivity index (χ3n) is 2.18. The van der Waals surface area contributed by atoms with Crippen molar-refractivity contribution in [3.05, 3.63) is 0 Å². The van der Waals surface area contributed by atoms with E-state index in [1.807, 2.05) is 18.7 Å². The highest BCUT2D eigenvalue weighted by atomic mass is 16.6. The fourth-order valence-electron chi connectivity index (χ4n) is 1.40. The lowest BCUT2D eigenvalue weighted by Gasteiger charge is -2.19. The van der Waals surface area contributed by atoms with Gasteiger partial charge in [0.05, 0.1) is 0 Å². The van der Waals surface area contributed by atoms with Gasteiger partial charge in [-0.1, -0.05) is 0 Å². The van der Waals surface area contributed by atoms with Gasteiger partial charge in [0.1, 0.15) is 0 Å². The van der Waals surface area contributed by atoms with Crippen molar-refractivity contribution in [3.8, 4) is 0 Å². The topological polar surface area (TPSA) is 94.0 Å². The first-order chi connectivity index (χ1) is 7.26. The molecule has 0 saturated heterocycles. The van der Waals surface area contributed by atoms with E-state index in [0.29, 0.717) is 22.9 Å². The number of rotatable bonds is 3. The number of hydrogen-bond donors (Lipinski definition) is 1. The molecule has 2 rings (SSSR count). The maximum atomic E-state index is 5.77. The Balaban J connectivity index is 2.53. The normalized spacial score (nSPS) is 10.8. The molecule has 0 atom stereocenters. The molecule has 0 spiro atoms. The minimum absolute atomic E-state index is 0.336. The highest BCUT2D eigenvalue weighted by molar-refractivity contribution is 5.72. The van der Waals surface area contributed by atoms with E-state index in [1.54, 1.807) is 0 Å². The van der Waals surface area contributed by atoms with E-state index in [9.17, 15) is 0 Å². The van der Waals surface area contributed by atoms with Crippen LogP contribution in [0, 0.1) is 0 Å². The van der Waals surface area contributed by atoms with Crippen molar-refractivity contribution in [1.82, 2.24) is 20.3 Å². The summed E-state index contributed by atoms with van der Waals surface area (Å²) in [6.07, 6.45) is 0. The van der Waals surface area contributed by atoms with Gasteiger partial charge in [0.15, 0.2) is 11.6 Å². The molecular weight excluding hydrogens is 196 g/mol. The molecule has 0 radical (unpaired) electrons. The Hall–Kier alpha value is -1.92. The minimum Gasteiger partial charge on any atom is -0.381 e. The van der Waals surface area contributed by atoms with Crippen LogP contribution in [-0.4, -0.2) is 33.4 Å². The number of aromatic nitrogens is 4. The zero-order valence-corrected chi connectivity index (χ0v) is 8.64. The molecule has 0 aliphatic heterocycles. The molecule has 2 N–H and O–H groups in total. The molecule has 0 unspecified atom stereocenters. The van der Waals surface area contributed by atoms with Crippen molar-refractivity contribution >= 4 is 22.9 Å². The van der Waals surface area contributed by atoms with Crippen LogP contribution in [0.2, 0.25) is 0 Å². The zero-order chi connectivity index (χ0) is 10.8.